The lowest BCUT2D eigenvalue weighted by Gasteiger charge is -2.29. The second-order valence-electron chi connectivity index (χ2n) is 7.75. The Morgan fingerprint density at radius 1 is 0.967 bits per heavy atom. The van der Waals surface area contributed by atoms with Gasteiger partial charge in [0.2, 0.25) is 0 Å². The van der Waals surface area contributed by atoms with Crippen LogP contribution >= 0.6 is 11.8 Å². The van der Waals surface area contributed by atoms with Gasteiger partial charge in [0, 0.05) is 16.0 Å². The van der Waals surface area contributed by atoms with Gasteiger partial charge in [0.05, 0.1) is 17.4 Å². The number of aliphatic hydroxyl groups is 1. The highest BCUT2D eigenvalue weighted by molar-refractivity contribution is 7.99. The maximum Gasteiger partial charge on any atom is 0.123 e. The van der Waals surface area contributed by atoms with Crippen LogP contribution in [0.15, 0.2) is 77.8 Å². The van der Waals surface area contributed by atoms with Crippen LogP contribution in [-0.4, -0.2) is 20.6 Å². The SMILES string of the molecule is OC(CSc1ccc(F)cc1)(c1ccc2c(cnn2-c2ccc(F)cc2)c1)C1CC1. The summed E-state index contributed by atoms with van der Waals surface area (Å²) in [5.41, 5.74) is 1.59. The fourth-order valence-corrected chi connectivity index (χ4v) is 4.93. The Balaban J connectivity index is 1.45. The smallest absolute Gasteiger partial charge is 0.123 e. The predicted molar refractivity (Wildman–Crippen MR) is 115 cm³/mol. The van der Waals surface area contributed by atoms with Crippen molar-refractivity contribution in [3.8, 4) is 5.69 Å². The van der Waals surface area contributed by atoms with Crippen molar-refractivity contribution in [2.45, 2.75) is 23.3 Å². The standard InChI is InChI=1S/C24H20F2N2OS/c25-19-4-8-21(9-5-19)28-23-12-3-18(13-16(23)14-27-28)24(29,17-1-2-17)15-30-22-10-6-20(26)7-11-22/h3-14,17,29H,1-2,15H2. The summed E-state index contributed by atoms with van der Waals surface area (Å²) in [6, 6.07) is 18.5. The van der Waals surface area contributed by atoms with Crippen LogP contribution in [0.4, 0.5) is 8.78 Å². The molecule has 6 heteroatoms. The van der Waals surface area contributed by atoms with Crippen LogP contribution in [0, 0.1) is 17.6 Å². The van der Waals surface area contributed by atoms with E-state index in [-0.39, 0.29) is 17.6 Å². The number of thioether (sulfide) groups is 1. The first-order chi connectivity index (χ1) is 14.5. The van der Waals surface area contributed by atoms with Crippen molar-refractivity contribution in [1.29, 1.82) is 0 Å². The van der Waals surface area contributed by atoms with Crippen molar-refractivity contribution in [2.24, 2.45) is 5.92 Å². The summed E-state index contributed by atoms with van der Waals surface area (Å²) in [6.45, 7) is 0. The molecule has 0 amide bonds. The summed E-state index contributed by atoms with van der Waals surface area (Å²) in [7, 11) is 0. The summed E-state index contributed by atoms with van der Waals surface area (Å²) in [4.78, 5) is 0.931. The third kappa shape index (κ3) is 3.61. The minimum Gasteiger partial charge on any atom is -0.384 e. The zero-order chi connectivity index (χ0) is 20.7. The molecule has 152 valence electrons. The van der Waals surface area contributed by atoms with Gasteiger partial charge in [-0.1, -0.05) is 6.07 Å². The number of aromatic nitrogens is 2. The molecule has 0 radical (unpaired) electrons. The first-order valence-corrected chi connectivity index (χ1v) is 10.9. The van der Waals surface area contributed by atoms with Gasteiger partial charge in [-0.25, -0.2) is 13.5 Å². The van der Waals surface area contributed by atoms with E-state index in [0.29, 0.717) is 5.75 Å². The minimum absolute atomic E-state index is 0.218. The Morgan fingerprint density at radius 2 is 1.63 bits per heavy atom. The van der Waals surface area contributed by atoms with Crippen molar-refractivity contribution in [3.63, 3.8) is 0 Å². The van der Waals surface area contributed by atoms with Crippen LogP contribution in [0.1, 0.15) is 18.4 Å². The minimum atomic E-state index is -0.953. The summed E-state index contributed by atoms with van der Waals surface area (Å²) in [5, 5.41) is 17.0. The zero-order valence-electron chi connectivity index (χ0n) is 16.1. The number of fused-ring (bicyclic) bond motifs is 1. The van der Waals surface area contributed by atoms with Crippen LogP contribution in [-0.2, 0) is 5.60 Å². The Bertz CT molecular complexity index is 1190. The number of nitrogens with zero attached hydrogens (tertiary/aromatic N) is 2. The monoisotopic (exact) mass is 422 g/mol. The molecule has 1 fully saturated rings. The molecule has 1 N–H and O–H groups in total. The molecule has 1 saturated carbocycles. The van der Waals surface area contributed by atoms with Crippen LogP contribution < -0.4 is 0 Å². The molecule has 1 atom stereocenters. The predicted octanol–water partition coefficient (Wildman–Crippen LogP) is 5.69. The van der Waals surface area contributed by atoms with Gasteiger partial charge in [0.15, 0.2) is 0 Å². The van der Waals surface area contributed by atoms with Crippen LogP contribution in [0.5, 0.6) is 0 Å². The normalized spacial score (nSPS) is 16.0. The summed E-state index contributed by atoms with van der Waals surface area (Å²) >= 11 is 1.54. The van der Waals surface area contributed by atoms with Crippen molar-refractivity contribution >= 4 is 22.7 Å². The molecule has 4 aromatic rings. The molecule has 3 aromatic carbocycles. The average molecular weight is 423 g/mol. The maximum atomic E-state index is 13.2. The number of halogens is 2. The van der Waals surface area contributed by atoms with Crippen molar-refractivity contribution in [1.82, 2.24) is 9.78 Å². The van der Waals surface area contributed by atoms with E-state index in [2.05, 4.69) is 5.10 Å². The molecule has 1 unspecified atom stereocenters. The third-order valence-electron chi connectivity index (χ3n) is 5.66. The Hall–Kier alpha value is -2.70. The van der Waals surface area contributed by atoms with E-state index in [1.165, 1.54) is 36.0 Å². The van der Waals surface area contributed by atoms with Gasteiger partial charge in [0.1, 0.15) is 17.2 Å². The van der Waals surface area contributed by atoms with Gasteiger partial charge in [0.25, 0.3) is 0 Å². The lowest BCUT2D eigenvalue weighted by molar-refractivity contribution is 0.0385. The molecule has 1 aliphatic rings. The molecule has 0 aliphatic heterocycles. The third-order valence-corrected chi connectivity index (χ3v) is 6.85. The van der Waals surface area contributed by atoms with Crippen LogP contribution in [0.3, 0.4) is 0 Å². The molecule has 1 aliphatic carbocycles. The van der Waals surface area contributed by atoms with Gasteiger partial charge in [-0.3, -0.25) is 0 Å². The summed E-state index contributed by atoms with van der Waals surface area (Å²) in [5.74, 6) is 0.169. The van der Waals surface area contributed by atoms with Crippen molar-refractivity contribution in [3.05, 3.63) is 90.1 Å². The molecule has 0 spiro atoms. The number of rotatable bonds is 6. The maximum absolute atomic E-state index is 13.2. The van der Waals surface area contributed by atoms with Crippen LogP contribution in [0.25, 0.3) is 16.6 Å². The molecule has 1 aromatic heterocycles. The number of hydrogen-bond donors (Lipinski definition) is 1. The molecule has 0 saturated heterocycles. The second kappa shape index (κ2) is 7.52. The highest BCUT2D eigenvalue weighted by Gasteiger charge is 2.45. The van der Waals surface area contributed by atoms with Crippen molar-refractivity contribution in [2.75, 3.05) is 5.75 Å². The van der Waals surface area contributed by atoms with Gasteiger partial charge in [-0.15, -0.1) is 11.8 Å². The fraction of sp³-hybridized carbons (Fsp3) is 0.208. The van der Waals surface area contributed by atoms with Gasteiger partial charge >= 0.3 is 0 Å². The zero-order valence-corrected chi connectivity index (χ0v) is 16.9. The molecular formula is C24H20F2N2OS. The molecule has 5 rings (SSSR count). The van der Waals surface area contributed by atoms with Crippen LogP contribution in [0.2, 0.25) is 0 Å². The first kappa shape index (κ1) is 19.3. The van der Waals surface area contributed by atoms with Gasteiger partial charge < -0.3 is 5.11 Å². The average Bonchev–Trinajstić information content (AvgIpc) is 3.54. The summed E-state index contributed by atoms with van der Waals surface area (Å²) in [6.07, 6.45) is 3.75. The molecule has 1 heterocycles. The Kier molecular flexibility index (Phi) is 4.83. The van der Waals surface area contributed by atoms with E-state index in [9.17, 15) is 13.9 Å². The topological polar surface area (TPSA) is 38.1 Å². The van der Waals surface area contributed by atoms with E-state index in [1.54, 1.807) is 35.1 Å². The first-order valence-electron chi connectivity index (χ1n) is 9.88. The van der Waals surface area contributed by atoms with E-state index in [1.807, 2.05) is 18.2 Å². The fourth-order valence-electron chi connectivity index (χ4n) is 3.81. The molecular weight excluding hydrogens is 402 g/mol. The number of hydrogen-bond acceptors (Lipinski definition) is 3. The quantitative estimate of drug-likeness (QED) is 0.406. The second-order valence-corrected chi connectivity index (χ2v) is 8.80. The number of benzene rings is 3. The lowest BCUT2D eigenvalue weighted by atomic mass is 9.90. The molecule has 3 nitrogen and oxygen atoms in total. The molecule has 30 heavy (non-hydrogen) atoms. The Labute approximate surface area is 177 Å². The van der Waals surface area contributed by atoms with E-state index < -0.39 is 5.60 Å². The van der Waals surface area contributed by atoms with Gasteiger partial charge in [-0.05, 0) is 85.0 Å². The van der Waals surface area contributed by atoms with E-state index >= 15 is 0 Å². The highest BCUT2D eigenvalue weighted by atomic mass is 32.2. The van der Waals surface area contributed by atoms with Gasteiger partial charge in [-0.2, -0.15) is 5.10 Å². The largest absolute Gasteiger partial charge is 0.384 e. The molecule has 0 bridgehead atoms. The van der Waals surface area contributed by atoms with E-state index in [0.717, 1.165) is 39.9 Å². The summed E-state index contributed by atoms with van der Waals surface area (Å²) < 4.78 is 28.2. The van der Waals surface area contributed by atoms with E-state index in [4.69, 9.17) is 0 Å². The highest BCUT2D eigenvalue weighted by Crippen LogP contribution is 2.48. The Morgan fingerprint density at radius 3 is 2.30 bits per heavy atom. The lowest BCUT2D eigenvalue weighted by Crippen LogP contribution is -2.31. The van der Waals surface area contributed by atoms with Crippen molar-refractivity contribution < 1.29 is 13.9 Å².